The first-order valence-corrected chi connectivity index (χ1v) is 7.68. The van der Waals surface area contributed by atoms with Crippen LogP contribution in [0.25, 0.3) is 0 Å². The normalized spacial score (nSPS) is 15.2. The van der Waals surface area contributed by atoms with Crippen molar-refractivity contribution in [1.82, 2.24) is 0 Å². The number of hydrogen-bond acceptors (Lipinski definition) is 1. The molecular formula is CH4Br2S2. The Morgan fingerprint density at radius 3 is 1.60 bits per heavy atom. The molecule has 0 aliphatic rings. The van der Waals surface area contributed by atoms with Gasteiger partial charge in [0.2, 0.25) is 0 Å². The third-order valence-electron chi connectivity index (χ3n) is 0. The third-order valence-corrected chi connectivity index (χ3v) is 0. The van der Waals surface area contributed by atoms with Crippen LogP contribution in [0.2, 0.25) is 0 Å². The van der Waals surface area contributed by atoms with Crippen LogP contribution >= 0.6 is 47.2 Å². The fourth-order valence-corrected chi connectivity index (χ4v) is 0. The molecule has 0 amide bonds. The molecule has 0 aliphatic heterocycles. The van der Waals surface area contributed by atoms with Crippen molar-refractivity contribution in [2.45, 2.75) is 0 Å². The lowest BCUT2D eigenvalue weighted by molar-refractivity contribution is 2.53. The zero-order valence-corrected chi connectivity index (χ0v) is 7.49. The molecule has 0 saturated carbocycles. The minimum Gasteiger partial charge on any atom is -0.111 e. The standard InChI is InChI=1S/CH4Br2S2/c1-5(2,3)4/h4H,1H3. The molecule has 34 valence electrons. The molecule has 0 radical (unpaired) electrons. The van der Waals surface area contributed by atoms with E-state index in [0.717, 1.165) is 0 Å². The summed E-state index contributed by atoms with van der Waals surface area (Å²) in [6.45, 7) is 0. The van der Waals surface area contributed by atoms with Crippen molar-refractivity contribution >= 4 is 47.2 Å². The predicted molar refractivity (Wildman–Crippen MR) is 40.4 cm³/mol. The highest BCUT2D eigenvalue weighted by Gasteiger charge is 1.94. The molecular weight excluding hydrogens is 236 g/mol. The Kier molecular flexibility index (Phi) is 2.79. The molecule has 0 spiro atoms. The molecule has 0 aromatic rings. The number of halogens is 2. The van der Waals surface area contributed by atoms with Crippen LogP contribution in [0.3, 0.4) is 0 Å². The van der Waals surface area contributed by atoms with Crippen molar-refractivity contribution in [1.29, 1.82) is 0 Å². The second-order valence-electron chi connectivity index (χ2n) is 0.688. The fraction of sp³-hybridized carbons (Fsp3) is 1.00. The maximum Gasteiger partial charge on any atom is -0.00703 e. The Hall–Kier alpha value is 1.66. The predicted octanol–water partition coefficient (Wildman–Crippen LogP) is 2.89. The molecule has 0 N–H and O–H groups in total. The summed E-state index contributed by atoms with van der Waals surface area (Å²) < 4.78 is 0. The summed E-state index contributed by atoms with van der Waals surface area (Å²) in [6, 6.07) is 0. The molecule has 0 aromatic heterocycles. The van der Waals surface area contributed by atoms with E-state index in [9.17, 15) is 0 Å². The summed E-state index contributed by atoms with van der Waals surface area (Å²) in [4.78, 5) is 0. The molecule has 0 unspecified atom stereocenters. The Bertz CT molecular complexity index is 23.1. The van der Waals surface area contributed by atoms with Crippen molar-refractivity contribution in [2.75, 3.05) is 6.26 Å². The SMILES string of the molecule is CS(S)(Br)Br. The molecule has 0 aromatic carbocycles. The van der Waals surface area contributed by atoms with E-state index in [-0.39, 0.29) is 0 Å². The van der Waals surface area contributed by atoms with E-state index in [4.69, 9.17) is 0 Å². The fourth-order valence-electron chi connectivity index (χ4n) is 0. The van der Waals surface area contributed by atoms with E-state index in [1.54, 1.807) is 0 Å². The number of thiol groups is 1. The highest BCUT2D eigenvalue weighted by Crippen LogP contribution is 2.63. The molecule has 0 fully saturated rings. The van der Waals surface area contributed by atoms with E-state index >= 15 is 0 Å². The van der Waals surface area contributed by atoms with Gasteiger partial charge in [0.15, 0.2) is 0 Å². The van der Waals surface area contributed by atoms with Gasteiger partial charge < -0.3 is 0 Å². The van der Waals surface area contributed by atoms with Gasteiger partial charge in [-0.25, -0.2) is 0 Å². The van der Waals surface area contributed by atoms with Crippen molar-refractivity contribution in [3.63, 3.8) is 0 Å². The van der Waals surface area contributed by atoms with E-state index in [0.29, 0.717) is 0 Å². The van der Waals surface area contributed by atoms with Gasteiger partial charge in [0.05, 0.1) is 0 Å². The van der Waals surface area contributed by atoms with Gasteiger partial charge in [-0.1, -0.05) is 5.93 Å². The molecule has 0 heterocycles. The Morgan fingerprint density at radius 1 is 1.60 bits per heavy atom. The van der Waals surface area contributed by atoms with Crippen LogP contribution in [-0.2, 0) is 0 Å². The van der Waals surface area contributed by atoms with Crippen molar-refractivity contribution < 1.29 is 0 Å². The van der Waals surface area contributed by atoms with Gasteiger partial charge in [0.1, 0.15) is 0 Å². The maximum absolute atomic E-state index is 4.04. The molecule has 0 rings (SSSR count). The first-order valence-electron chi connectivity index (χ1n) is 0.899. The van der Waals surface area contributed by atoms with E-state index < -0.39 is 5.93 Å². The quantitative estimate of drug-likeness (QED) is 0.488. The average Bonchev–Trinajstić information content (AvgIpc) is 0.722. The highest BCUT2D eigenvalue weighted by atomic mass is 79.9. The van der Waals surface area contributed by atoms with Crippen LogP contribution in [0.5, 0.6) is 0 Å². The van der Waals surface area contributed by atoms with Crippen LogP contribution in [0.15, 0.2) is 0 Å². The molecule has 0 bridgehead atoms. The van der Waals surface area contributed by atoms with Gasteiger partial charge >= 0.3 is 0 Å². The largest absolute Gasteiger partial charge is 0.111 e. The highest BCUT2D eigenvalue weighted by molar-refractivity contribution is 10.0. The zero-order valence-electron chi connectivity index (χ0n) is 2.61. The summed E-state index contributed by atoms with van der Waals surface area (Å²) in [5.41, 5.74) is 0. The second kappa shape index (κ2) is 2.09. The maximum atomic E-state index is 4.04. The van der Waals surface area contributed by atoms with Crippen LogP contribution in [-0.4, -0.2) is 6.26 Å². The minimum absolute atomic E-state index is 0.847. The van der Waals surface area contributed by atoms with Crippen LogP contribution in [0.4, 0.5) is 0 Å². The summed E-state index contributed by atoms with van der Waals surface area (Å²) in [5.74, 6) is -0.847. The second-order valence-corrected chi connectivity index (χ2v) is 17.6. The van der Waals surface area contributed by atoms with Gasteiger partial charge in [-0.05, 0) is 35.9 Å². The molecule has 0 aliphatic carbocycles. The molecule has 4 heteroatoms. The average molecular weight is 240 g/mol. The molecule has 0 nitrogen and oxygen atoms in total. The van der Waals surface area contributed by atoms with Gasteiger partial charge in [-0.3, -0.25) is 0 Å². The van der Waals surface area contributed by atoms with Crippen molar-refractivity contribution in [2.24, 2.45) is 0 Å². The summed E-state index contributed by atoms with van der Waals surface area (Å²) in [5, 5.41) is 0. The van der Waals surface area contributed by atoms with E-state index in [2.05, 4.69) is 41.3 Å². The number of rotatable bonds is 0. The smallest absolute Gasteiger partial charge is 0.00703 e. The Labute approximate surface area is 53.2 Å². The Morgan fingerprint density at radius 2 is 1.60 bits per heavy atom. The van der Waals surface area contributed by atoms with E-state index in [1.165, 1.54) is 0 Å². The van der Waals surface area contributed by atoms with Gasteiger partial charge in [0.25, 0.3) is 0 Å². The molecule has 0 saturated heterocycles. The lowest BCUT2D eigenvalue weighted by atomic mass is 12.0. The summed E-state index contributed by atoms with van der Waals surface area (Å²) in [6.07, 6.45) is 1.97. The van der Waals surface area contributed by atoms with Gasteiger partial charge in [-0.15, -0.1) is 11.7 Å². The lowest BCUT2D eigenvalue weighted by Crippen LogP contribution is -1.47. The molecule has 5 heavy (non-hydrogen) atoms. The third kappa shape index (κ3) is 27.5. The van der Waals surface area contributed by atoms with E-state index in [1.807, 2.05) is 6.26 Å². The van der Waals surface area contributed by atoms with Gasteiger partial charge in [-0.2, -0.15) is 0 Å². The van der Waals surface area contributed by atoms with Crippen molar-refractivity contribution in [3.05, 3.63) is 0 Å². The first kappa shape index (κ1) is 6.66. The minimum atomic E-state index is -0.847. The summed E-state index contributed by atoms with van der Waals surface area (Å²) >= 11 is 10.5. The topological polar surface area (TPSA) is 0 Å². The zero-order chi connectivity index (χ0) is 4.50. The van der Waals surface area contributed by atoms with Crippen LogP contribution in [0.1, 0.15) is 0 Å². The Balaban J connectivity index is 3.02. The number of hydrogen-bond donors (Lipinski definition) is 1. The lowest BCUT2D eigenvalue weighted by Gasteiger charge is -2.06. The van der Waals surface area contributed by atoms with Crippen LogP contribution in [0, 0.1) is 0 Å². The summed E-state index contributed by atoms with van der Waals surface area (Å²) in [7, 11) is 0. The monoisotopic (exact) mass is 238 g/mol. The van der Waals surface area contributed by atoms with Crippen LogP contribution < -0.4 is 0 Å². The van der Waals surface area contributed by atoms with Crippen molar-refractivity contribution in [3.8, 4) is 0 Å². The first-order chi connectivity index (χ1) is 2.00. The molecule has 0 atom stereocenters. The van der Waals surface area contributed by atoms with Gasteiger partial charge in [0, 0.05) is 0 Å².